The molecule has 1 heterocycles. The van der Waals surface area contributed by atoms with Crippen molar-refractivity contribution in [3.8, 4) is 0 Å². The van der Waals surface area contributed by atoms with Gasteiger partial charge in [0.25, 0.3) is 0 Å². The molecule has 0 unspecified atom stereocenters. The lowest BCUT2D eigenvalue weighted by Gasteiger charge is -1.99. The summed E-state index contributed by atoms with van der Waals surface area (Å²) in [5.41, 5.74) is 3.07. The quantitative estimate of drug-likeness (QED) is 0.557. The molecule has 0 amide bonds. The van der Waals surface area contributed by atoms with E-state index in [9.17, 15) is 0 Å². The van der Waals surface area contributed by atoms with Crippen LogP contribution in [0.3, 0.4) is 0 Å². The molecular weight excluding hydrogens is 309 g/mol. The second-order valence-corrected chi connectivity index (χ2v) is 6.32. The summed E-state index contributed by atoms with van der Waals surface area (Å²) in [4.78, 5) is 4.63. The fourth-order valence-corrected chi connectivity index (χ4v) is 3.47. The van der Waals surface area contributed by atoms with Crippen molar-refractivity contribution in [1.29, 1.82) is 0 Å². The minimum absolute atomic E-state index is 0.644. The van der Waals surface area contributed by atoms with E-state index < -0.39 is 0 Å². The number of halogens is 2. The van der Waals surface area contributed by atoms with Crippen molar-refractivity contribution in [3.05, 3.63) is 62.6 Å². The molecule has 3 rings (SSSR count). The molecular formula is C16H11Cl2NS. The van der Waals surface area contributed by atoms with Crippen LogP contribution < -0.4 is 0 Å². The molecule has 4 heteroatoms. The number of aromatic nitrogens is 1. The predicted molar refractivity (Wildman–Crippen MR) is 89.7 cm³/mol. The molecule has 0 bridgehead atoms. The maximum atomic E-state index is 6.15. The first kappa shape index (κ1) is 13.6. The molecule has 0 spiro atoms. The first-order valence-electron chi connectivity index (χ1n) is 6.13. The Kier molecular flexibility index (Phi) is 3.79. The number of hydrogen-bond acceptors (Lipinski definition) is 2. The Morgan fingerprint density at radius 2 is 1.70 bits per heavy atom. The van der Waals surface area contributed by atoms with Crippen LogP contribution in [0.1, 0.15) is 16.1 Å². The Morgan fingerprint density at radius 1 is 1.00 bits per heavy atom. The average Bonchev–Trinajstić information content (AvgIpc) is 2.83. The van der Waals surface area contributed by atoms with Crippen LogP contribution in [0.15, 0.2) is 36.4 Å². The third-order valence-corrected chi connectivity index (χ3v) is 4.67. The van der Waals surface area contributed by atoms with Crippen LogP contribution >= 0.6 is 34.5 Å². The number of thiazole rings is 1. The summed E-state index contributed by atoms with van der Waals surface area (Å²) in [6.45, 7) is 2.07. The van der Waals surface area contributed by atoms with Crippen molar-refractivity contribution in [2.45, 2.75) is 6.92 Å². The number of aryl methyl sites for hydroxylation is 1. The van der Waals surface area contributed by atoms with Crippen molar-refractivity contribution in [3.63, 3.8) is 0 Å². The minimum Gasteiger partial charge on any atom is -0.236 e. The van der Waals surface area contributed by atoms with Gasteiger partial charge in [-0.3, -0.25) is 0 Å². The summed E-state index contributed by atoms with van der Waals surface area (Å²) in [7, 11) is 0. The van der Waals surface area contributed by atoms with Gasteiger partial charge in [-0.2, -0.15) is 0 Å². The zero-order chi connectivity index (χ0) is 14.1. The summed E-state index contributed by atoms with van der Waals surface area (Å²) in [5.74, 6) is 0. The smallest absolute Gasteiger partial charge is 0.117 e. The molecule has 0 saturated heterocycles. The average molecular weight is 320 g/mol. The number of hydrogen-bond donors (Lipinski definition) is 0. The van der Waals surface area contributed by atoms with Gasteiger partial charge in [0, 0.05) is 15.6 Å². The minimum atomic E-state index is 0.644. The highest BCUT2D eigenvalue weighted by molar-refractivity contribution is 7.19. The lowest BCUT2D eigenvalue weighted by molar-refractivity contribution is 1.41. The second-order valence-electron chi connectivity index (χ2n) is 4.44. The molecule has 0 aliphatic carbocycles. The Morgan fingerprint density at radius 3 is 2.40 bits per heavy atom. The first-order chi connectivity index (χ1) is 9.65. The van der Waals surface area contributed by atoms with Crippen LogP contribution in [-0.4, -0.2) is 4.98 Å². The SMILES string of the molecule is Cc1cccc2sc(/C=C/c3c(Cl)cccc3Cl)nc12. The zero-order valence-corrected chi connectivity index (χ0v) is 13.1. The molecule has 1 nitrogen and oxygen atoms in total. The van der Waals surface area contributed by atoms with E-state index in [0.717, 1.165) is 16.1 Å². The van der Waals surface area contributed by atoms with Gasteiger partial charge in [-0.1, -0.05) is 41.4 Å². The lowest BCUT2D eigenvalue weighted by Crippen LogP contribution is -1.77. The van der Waals surface area contributed by atoms with Gasteiger partial charge in [-0.25, -0.2) is 4.98 Å². The number of para-hydroxylation sites is 1. The van der Waals surface area contributed by atoms with Crippen LogP contribution in [0, 0.1) is 6.92 Å². The van der Waals surface area contributed by atoms with E-state index in [1.807, 2.05) is 36.4 Å². The molecule has 20 heavy (non-hydrogen) atoms. The largest absolute Gasteiger partial charge is 0.236 e. The molecule has 0 aliphatic heterocycles. The Bertz CT molecular complexity index is 785. The van der Waals surface area contributed by atoms with Gasteiger partial charge in [-0.05, 0) is 42.8 Å². The van der Waals surface area contributed by atoms with Crippen LogP contribution in [0.4, 0.5) is 0 Å². The van der Waals surface area contributed by atoms with Crippen molar-refractivity contribution < 1.29 is 0 Å². The van der Waals surface area contributed by atoms with Crippen molar-refractivity contribution in [2.24, 2.45) is 0 Å². The van der Waals surface area contributed by atoms with Gasteiger partial charge in [-0.15, -0.1) is 11.3 Å². The first-order valence-corrected chi connectivity index (χ1v) is 7.70. The molecule has 0 saturated carbocycles. The summed E-state index contributed by atoms with van der Waals surface area (Å²) in [6.07, 6.45) is 3.87. The molecule has 0 fully saturated rings. The molecule has 3 aromatic rings. The van der Waals surface area contributed by atoms with Crippen LogP contribution in [0.2, 0.25) is 10.0 Å². The topological polar surface area (TPSA) is 12.9 Å². The van der Waals surface area contributed by atoms with Gasteiger partial charge in [0.05, 0.1) is 10.2 Å². The predicted octanol–water partition coefficient (Wildman–Crippen LogP) is 6.08. The normalized spacial score (nSPS) is 11.6. The van der Waals surface area contributed by atoms with Crippen LogP contribution in [0.5, 0.6) is 0 Å². The van der Waals surface area contributed by atoms with Gasteiger partial charge in [0.2, 0.25) is 0 Å². The van der Waals surface area contributed by atoms with Crippen LogP contribution in [0.25, 0.3) is 22.4 Å². The van der Waals surface area contributed by atoms with Gasteiger partial charge in [0.1, 0.15) is 5.01 Å². The molecule has 1 aromatic heterocycles. The summed E-state index contributed by atoms with van der Waals surface area (Å²) in [5, 5.41) is 2.24. The van der Waals surface area contributed by atoms with E-state index in [-0.39, 0.29) is 0 Å². The lowest BCUT2D eigenvalue weighted by atomic mass is 10.2. The fourth-order valence-electron chi connectivity index (χ4n) is 2.00. The highest BCUT2D eigenvalue weighted by Crippen LogP contribution is 2.29. The third-order valence-electron chi connectivity index (χ3n) is 3.03. The monoisotopic (exact) mass is 319 g/mol. The standard InChI is InChI=1S/C16H11Cl2NS/c1-10-4-2-7-14-16(10)19-15(20-14)9-8-11-12(17)5-3-6-13(11)18/h2-9H,1H3/b9-8+. The van der Waals surface area contributed by atoms with E-state index in [1.54, 1.807) is 11.3 Å². The zero-order valence-electron chi connectivity index (χ0n) is 10.7. The second kappa shape index (κ2) is 5.57. The van der Waals surface area contributed by atoms with Gasteiger partial charge >= 0.3 is 0 Å². The summed E-state index contributed by atoms with van der Waals surface area (Å²) >= 11 is 14.0. The van der Waals surface area contributed by atoms with Crippen molar-refractivity contribution >= 4 is 56.9 Å². The number of fused-ring (bicyclic) bond motifs is 1. The van der Waals surface area contributed by atoms with E-state index in [2.05, 4.69) is 24.0 Å². The Hall–Kier alpha value is -1.35. The number of benzene rings is 2. The third kappa shape index (κ3) is 2.59. The molecule has 100 valence electrons. The highest BCUT2D eigenvalue weighted by atomic mass is 35.5. The Labute approximate surface area is 131 Å². The van der Waals surface area contributed by atoms with Crippen molar-refractivity contribution in [1.82, 2.24) is 4.98 Å². The maximum absolute atomic E-state index is 6.15. The molecule has 0 radical (unpaired) electrons. The molecule has 2 aromatic carbocycles. The number of rotatable bonds is 2. The molecule has 0 N–H and O–H groups in total. The summed E-state index contributed by atoms with van der Waals surface area (Å²) < 4.78 is 1.19. The van der Waals surface area contributed by atoms with E-state index in [4.69, 9.17) is 23.2 Å². The van der Waals surface area contributed by atoms with E-state index >= 15 is 0 Å². The Balaban J connectivity index is 2.01. The number of nitrogens with zero attached hydrogens (tertiary/aromatic N) is 1. The van der Waals surface area contributed by atoms with Crippen molar-refractivity contribution in [2.75, 3.05) is 0 Å². The highest BCUT2D eigenvalue weighted by Gasteiger charge is 2.05. The van der Waals surface area contributed by atoms with E-state index in [0.29, 0.717) is 10.0 Å². The molecule has 0 aliphatic rings. The van der Waals surface area contributed by atoms with Gasteiger partial charge in [0.15, 0.2) is 0 Å². The fraction of sp³-hybridized carbons (Fsp3) is 0.0625. The molecule has 0 atom stereocenters. The van der Waals surface area contributed by atoms with Crippen LogP contribution in [-0.2, 0) is 0 Å². The maximum Gasteiger partial charge on any atom is 0.117 e. The van der Waals surface area contributed by atoms with E-state index in [1.165, 1.54) is 10.3 Å². The summed E-state index contributed by atoms with van der Waals surface area (Å²) in [6, 6.07) is 11.7. The van der Waals surface area contributed by atoms with Gasteiger partial charge < -0.3 is 0 Å².